The zero-order valence-corrected chi connectivity index (χ0v) is 23.3. The van der Waals surface area contributed by atoms with Crippen molar-refractivity contribution in [3.05, 3.63) is 75.3 Å². The molecule has 1 N–H and O–H groups in total. The lowest BCUT2D eigenvalue weighted by Gasteiger charge is -2.19. The standard InChI is InChI=1S/C30H38ClN3O2/c1-19(2)16-21-9-12-23(13-10-21)26-15-8-20(3)27(34-29(33-26)36-7)24-17-22(11-14-25(24)31)18-32-28(35)30(4,5)6/h9-14,17,19H,8,15-16,18H2,1-7H3,(H,32,35)/b27-20+,33-26+,34-29+. The number of benzene rings is 2. The number of carbonyl (C=O) groups excluding carboxylic acids is 1. The fourth-order valence-electron chi connectivity index (χ4n) is 4.02. The highest BCUT2D eigenvalue weighted by molar-refractivity contribution is 6.32. The second kappa shape index (κ2) is 11.9. The Hall–Kier alpha value is -2.92. The molecule has 0 saturated carbocycles. The van der Waals surface area contributed by atoms with Gasteiger partial charge in [-0.3, -0.25) is 4.79 Å². The second-order valence-corrected chi connectivity index (χ2v) is 11.2. The predicted molar refractivity (Wildman–Crippen MR) is 151 cm³/mol. The number of halogens is 1. The molecular formula is C30H38ClN3O2. The molecule has 0 atom stereocenters. The van der Waals surface area contributed by atoms with Crippen LogP contribution in [0.15, 0.2) is 58.0 Å². The van der Waals surface area contributed by atoms with Crippen molar-refractivity contribution in [3.63, 3.8) is 0 Å². The van der Waals surface area contributed by atoms with Crippen LogP contribution in [0.25, 0.3) is 5.70 Å². The number of amidine groups is 1. The largest absolute Gasteiger partial charge is 0.467 e. The summed E-state index contributed by atoms with van der Waals surface area (Å²) in [4.78, 5) is 21.9. The van der Waals surface area contributed by atoms with Crippen molar-refractivity contribution in [3.8, 4) is 0 Å². The first-order chi connectivity index (χ1) is 17.0. The monoisotopic (exact) mass is 507 g/mol. The number of hydrogen-bond acceptors (Lipinski definition) is 4. The van der Waals surface area contributed by atoms with Crippen LogP contribution in [0.4, 0.5) is 0 Å². The minimum atomic E-state index is -0.448. The molecule has 192 valence electrons. The molecule has 0 aliphatic carbocycles. The molecule has 2 aromatic carbocycles. The first kappa shape index (κ1) is 27.7. The Morgan fingerprint density at radius 2 is 1.72 bits per heavy atom. The lowest BCUT2D eigenvalue weighted by molar-refractivity contribution is -0.128. The predicted octanol–water partition coefficient (Wildman–Crippen LogP) is 7.22. The van der Waals surface area contributed by atoms with Crippen LogP contribution in [0, 0.1) is 11.3 Å². The molecule has 0 fully saturated rings. The molecule has 5 nitrogen and oxygen atoms in total. The van der Waals surface area contributed by atoms with E-state index >= 15 is 0 Å². The summed E-state index contributed by atoms with van der Waals surface area (Å²) in [5.41, 5.74) is 6.54. The number of nitrogens with zero attached hydrogens (tertiary/aromatic N) is 2. The van der Waals surface area contributed by atoms with E-state index in [-0.39, 0.29) is 5.91 Å². The normalized spacial score (nSPS) is 19.6. The molecular weight excluding hydrogens is 470 g/mol. The maximum atomic E-state index is 12.3. The summed E-state index contributed by atoms with van der Waals surface area (Å²) in [5, 5.41) is 3.60. The molecule has 1 heterocycles. The van der Waals surface area contributed by atoms with Crippen molar-refractivity contribution in [1.29, 1.82) is 0 Å². The lowest BCUT2D eigenvalue weighted by atomic mass is 9.95. The van der Waals surface area contributed by atoms with Gasteiger partial charge in [-0.25, -0.2) is 0 Å². The minimum Gasteiger partial charge on any atom is -0.467 e. The van der Waals surface area contributed by atoms with Crippen molar-refractivity contribution < 1.29 is 9.53 Å². The average Bonchev–Trinajstić information content (AvgIpc) is 2.81. The number of carbonyl (C=O) groups is 1. The number of ether oxygens (including phenoxy) is 1. The van der Waals surface area contributed by atoms with Gasteiger partial charge >= 0.3 is 6.02 Å². The van der Waals surface area contributed by atoms with E-state index in [4.69, 9.17) is 26.3 Å². The fraction of sp³-hybridized carbons (Fsp3) is 0.433. The van der Waals surface area contributed by atoms with Gasteiger partial charge in [0, 0.05) is 22.5 Å². The van der Waals surface area contributed by atoms with E-state index in [0.29, 0.717) is 23.5 Å². The number of allylic oxidation sites excluding steroid dienone is 1. The molecule has 6 heteroatoms. The number of rotatable bonds is 6. The Balaban J connectivity index is 1.91. The van der Waals surface area contributed by atoms with E-state index in [1.807, 2.05) is 39.0 Å². The van der Waals surface area contributed by atoms with Crippen molar-refractivity contribution >= 4 is 34.9 Å². The first-order valence-electron chi connectivity index (χ1n) is 12.5. The van der Waals surface area contributed by atoms with Gasteiger partial charge in [0.25, 0.3) is 0 Å². The van der Waals surface area contributed by atoms with Gasteiger partial charge < -0.3 is 10.1 Å². The van der Waals surface area contributed by atoms with Gasteiger partial charge in [0.2, 0.25) is 5.91 Å². The van der Waals surface area contributed by atoms with Crippen LogP contribution >= 0.6 is 11.6 Å². The summed E-state index contributed by atoms with van der Waals surface area (Å²) in [6.07, 6.45) is 2.62. The second-order valence-electron chi connectivity index (χ2n) is 10.8. The number of nitrogens with one attached hydrogen (secondary N) is 1. The Labute approximate surface area is 220 Å². The van der Waals surface area contributed by atoms with Gasteiger partial charge in [-0.2, -0.15) is 9.98 Å². The molecule has 0 spiro atoms. The molecule has 0 radical (unpaired) electrons. The maximum absolute atomic E-state index is 12.3. The highest BCUT2D eigenvalue weighted by atomic mass is 35.5. The summed E-state index contributed by atoms with van der Waals surface area (Å²) in [5.74, 6) is 0.618. The highest BCUT2D eigenvalue weighted by Crippen LogP contribution is 2.32. The van der Waals surface area contributed by atoms with Crippen LogP contribution in [0.5, 0.6) is 0 Å². The third kappa shape index (κ3) is 7.30. The topological polar surface area (TPSA) is 63.0 Å². The lowest BCUT2D eigenvalue weighted by Crippen LogP contribution is -2.34. The molecule has 36 heavy (non-hydrogen) atoms. The third-order valence-corrected chi connectivity index (χ3v) is 6.44. The van der Waals surface area contributed by atoms with Gasteiger partial charge in [-0.15, -0.1) is 0 Å². The summed E-state index contributed by atoms with van der Waals surface area (Å²) in [7, 11) is 1.58. The van der Waals surface area contributed by atoms with E-state index in [9.17, 15) is 4.79 Å². The van der Waals surface area contributed by atoms with E-state index in [2.05, 4.69) is 50.4 Å². The van der Waals surface area contributed by atoms with Crippen LogP contribution in [0.3, 0.4) is 0 Å². The summed E-state index contributed by atoms with van der Waals surface area (Å²) in [6.45, 7) is 12.6. The van der Waals surface area contributed by atoms with Crippen molar-refractivity contribution in [2.75, 3.05) is 7.11 Å². The summed E-state index contributed by atoms with van der Waals surface area (Å²) in [6, 6.07) is 14.7. The zero-order valence-electron chi connectivity index (χ0n) is 22.5. The Morgan fingerprint density at radius 3 is 2.33 bits per heavy atom. The smallest absolute Gasteiger partial charge is 0.316 e. The van der Waals surface area contributed by atoms with Crippen molar-refractivity contribution in [2.45, 2.75) is 67.3 Å². The van der Waals surface area contributed by atoms with Crippen LogP contribution in [0.1, 0.15) is 76.6 Å². The number of methoxy groups -OCH3 is 1. The zero-order chi connectivity index (χ0) is 26.5. The number of hydrogen-bond donors (Lipinski definition) is 1. The molecule has 2 aromatic rings. The molecule has 1 aliphatic heterocycles. The van der Waals surface area contributed by atoms with Gasteiger partial charge in [0.15, 0.2) is 0 Å². The average molecular weight is 508 g/mol. The van der Waals surface area contributed by atoms with Gasteiger partial charge in [0.05, 0.1) is 18.5 Å². The van der Waals surface area contributed by atoms with Gasteiger partial charge in [-0.1, -0.05) is 76.6 Å². The Kier molecular flexibility index (Phi) is 9.13. The Bertz CT molecular complexity index is 1190. The van der Waals surface area contributed by atoms with Gasteiger partial charge in [-0.05, 0) is 66.5 Å². The molecule has 0 unspecified atom stereocenters. The van der Waals surface area contributed by atoms with E-state index in [0.717, 1.165) is 52.9 Å². The molecule has 0 saturated heterocycles. The van der Waals surface area contributed by atoms with Crippen LogP contribution in [-0.2, 0) is 22.5 Å². The van der Waals surface area contributed by atoms with Crippen LogP contribution in [-0.4, -0.2) is 24.8 Å². The first-order valence-corrected chi connectivity index (χ1v) is 12.9. The van der Waals surface area contributed by atoms with Crippen LogP contribution in [0.2, 0.25) is 5.02 Å². The van der Waals surface area contributed by atoms with Crippen molar-refractivity contribution in [1.82, 2.24) is 5.32 Å². The Morgan fingerprint density at radius 1 is 1.06 bits per heavy atom. The summed E-state index contributed by atoms with van der Waals surface area (Å²) >= 11 is 6.62. The number of amides is 1. The SMILES string of the molecule is COC1=N/C(c2cc(CNC(=O)C(C)(C)C)ccc2Cl)=C(\C)CC/C(c2ccc(CC(C)C)cc2)=N\1. The molecule has 0 bridgehead atoms. The van der Waals surface area contributed by atoms with E-state index < -0.39 is 5.41 Å². The quantitative estimate of drug-likeness (QED) is 0.448. The molecule has 1 amide bonds. The third-order valence-electron chi connectivity index (χ3n) is 6.11. The summed E-state index contributed by atoms with van der Waals surface area (Å²) < 4.78 is 5.57. The molecule has 1 aliphatic rings. The van der Waals surface area contributed by atoms with E-state index in [1.54, 1.807) is 7.11 Å². The highest BCUT2D eigenvalue weighted by Gasteiger charge is 2.21. The van der Waals surface area contributed by atoms with Gasteiger partial charge in [0.1, 0.15) is 0 Å². The number of aliphatic imine (C=N–C) groups is 2. The van der Waals surface area contributed by atoms with Crippen molar-refractivity contribution in [2.24, 2.45) is 21.3 Å². The van der Waals surface area contributed by atoms with Crippen LogP contribution < -0.4 is 5.32 Å². The van der Waals surface area contributed by atoms with E-state index in [1.165, 1.54) is 5.56 Å². The minimum absolute atomic E-state index is 0.000791. The fourth-order valence-corrected chi connectivity index (χ4v) is 4.23. The maximum Gasteiger partial charge on any atom is 0.316 e. The molecule has 0 aromatic heterocycles. The molecule has 3 rings (SSSR count).